The van der Waals surface area contributed by atoms with Crippen LogP contribution in [0.25, 0.3) is 0 Å². The molecule has 0 radical (unpaired) electrons. The van der Waals surface area contributed by atoms with E-state index in [1.165, 1.54) is 6.26 Å². The summed E-state index contributed by atoms with van der Waals surface area (Å²) in [7, 11) is 4.70. The number of benzene rings is 1. The Hall–Kier alpha value is -2.63. The number of ether oxygens (including phenoxy) is 3. The Morgan fingerprint density at radius 1 is 1.10 bits per heavy atom. The van der Waals surface area contributed by atoms with Gasteiger partial charge in [0.05, 0.1) is 27.6 Å². The fraction of sp³-hybridized carbons (Fsp3) is 0.429. The number of hydrogen-bond donors (Lipinski definition) is 3. The van der Waals surface area contributed by atoms with Gasteiger partial charge in [-0.2, -0.15) is 0 Å². The molecule has 1 heterocycles. The zero-order chi connectivity index (χ0) is 21.9. The average Bonchev–Trinajstić information content (AvgIpc) is 3.18. The first-order valence-electron chi connectivity index (χ1n) is 9.71. The third-order valence-corrected chi connectivity index (χ3v) is 4.23. The quantitative estimate of drug-likeness (QED) is 0.182. The Bertz CT molecular complexity index is 844. The Morgan fingerprint density at radius 3 is 2.29 bits per heavy atom. The van der Waals surface area contributed by atoms with Crippen LogP contribution in [0.3, 0.4) is 0 Å². The van der Waals surface area contributed by atoms with Crippen molar-refractivity contribution in [2.75, 3.05) is 46.3 Å². The predicted octanol–water partition coefficient (Wildman–Crippen LogP) is 3.43. The second kappa shape index (κ2) is 13.6. The largest absolute Gasteiger partial charge is 0.493 e. The molecule has 10 heteroatoms. The van der Waals surface area contributed by atoms with Crippen molar-refractivity contribution in [3.05, 3.63) is 35.8 Å². The zero-order valence-electron chi connectivity index (χ0n) is 18.5. The van der Waals surface area contributed by atoms with E-state index in [1.807, 2.05) is 13.8 Å². The van der Waals surface area contributed by atoms with E-state index in [0.717, 1.165) is 11.3 Å². The molecule has 0 bridgehead atoms. The van der Waals surface area contributed by atoms with Crippen molar-refractivity contribution < 1.29 is 23.4 Å². The number of aliphatic imine (C=N–C) groups is 1. The third kappa shape index (κ3) is 7.53. The van der Waals surface area contributed by atoms with Crippen molar-refractivity contribution >= 4 is 41.5 Å². The van der Waals surface area contributed by atoms with E-state index < -0.39 is 0 Å². The summed E-state index contributed by atoms with van der Waals surface area (Å²) in [6, 6.07) is 5.37. The monoisotopic (exact) mass is 546 g/mol. The fourth-order valence-electron chi connectivity index (χ4n) is 2.75. The van der Waals surface area contributed by atoms with Gasteiger partial charge in [-0.1, -0.05) is 0 Å². The minimum Gasteiger partial charge on any atom is -0.493 e. The van der Waals surface area contributed by atoms with Crippen LogP contribution in [-0.4, -0.2) is 52.8 Å². The summed E-state index contributed by atoms with van der Waals surface area (Å²) in [6.45, 7) is 5.53. The lowest BCUT2D eigenvalue weighted by Gasteiger charge is -2.16. The molecule has 2 aromatic rings. The van der Waals surface area contributed by atoms with Crippen LogP contribution in [-0.2, 0) is 0 Å². The van der Waals surface area contributed by atoms with Gasteiger partial charge in [0.15, 0.2) is 23.2 Å². The van der Waals surface area contributed by atoms with E-state index in [9.17, 15) is 4.79 Å². The highest BCUT2D eigenvalue weighted by Gasteiger charge is 2.14. The van der Waals surface area contributed by atoms with Crippen molar-refractivity contribution in [2.45, 2.75) is 20.3 Å². The first-order valence-corrected chi connectivity index (χ1v) is 9.71. The standard InChI is InChI=1S/C21H30N4O5.HI/c1-6-22-21(24-10-7-9-23-20(26)18-14(2)8-11-30-18)25-15-12-16(27-3)19(29-5)17(13-15)28-4;/h8,11-13H,6-7,9-10H2,1-5H3,(H,23,26)(H2,22,24,25);1H. The molecule has 31 heavy (non-hydrogen) atoms. The Balaban J connectivity index is 0.00000480. The van der Waals surface area contributed by atoms with Crippen LogP contribution in [0.15, 0.2) is 33.9 Å². The van der Waals surface area contributed by atoms with E-state index >= 15 is 0 Å². The van der Waals surface area contributed by atoms with E-state index in [4.69, 9.17) is 18.6 Å². The number of aryl methyl sites for hydroxylation is 1. The molecule has 0 fully saturated rings. The lowest BCUT2D eigenvalue weighted by Crippen LogP contribution is -2.31. The molecular weight excluding hydrogens is 515 g/mol. The van der Waals surface area contributed by atoms with Gasteiger partial charge in [0.25, 0.3) is 5.91 Å². The van der Waals surface area contributed by atoms with Crippen LogP contribution >= 0.6 is 24.0 Å². The molecule has 2 rings (SSSR count). The number of nitrogens with zero attached hydrogens (tertiary/aromatic N) is 1. The maximum atomic E-state index is 12.0. The molecule has 1 aromatic heterocycles. The molecule has 0 saturated carbocycles. The van der Waals surface area contributed by atoms with Crippen molar-refractivity contribution in [1.29, 1.82) is 0 Å². The van der Waals surface area contributed by atoms with Gasteiger partial charge < -0.3 is 34.6 Å². The van der Waals surface area contributed by atoms with Crippen LogP contribution in [0.5, 0.6) is 17.2 Å². The van der Waals surface area contributed by atoms with Gasteiger partial charge in [-0.25, -0.2) is 0 Å². The lowest BCUT2D eigenvalue weighted by molar-refractivity contribution is 0.0925. The van der Waals surface area contributed by atoms with Gasteiger partial charge in [0.1, 0.15) is 0 Å². The first-order chi connectivity index (χ1) is 14.5. The maximum absolute atomic E-state index is 12.0. The Morgan fingerprint density at radius 2 is 1.77 bits per heavy atom. The molecule has 0 spiro atoms. The van der Waals surface area contributed by atoms with Crippen molar-refractivity contribution in [2.24, 2.45) is 4.99 Å². The molecule has 0 aliphatic rings. The molecule has 3 N–H and O–H groups in total. The van der Waals surface area contributed by atoms with Crippen molar-refractivity contribution in [3.8, 4) is 17.2 Å². The fourth-order valence-corrected chi connectivity index (χ4v) is 2.75. The topological polar surface area (TPSA) is 106 Å². The highest BCUT2D eigenvalue weighted by molar-refractivity contribution is 14.0. The normalized spacial score (nSPS) is 10.7. The minimum absolute atomic E-state index is 0. The van der Waals surface area contributed by atoms with Crippen molar-refractivity contribution in [3.63, 3.8) is 0 Å². The maximum Gasteiger partial charge on any atom is 0.287 e. The van der Waals surface area contributed by atoms with Gasteiger partial charge in [-0.05, 0) is 26.3 Å². The number of hydrogen-bond acceptors (Lipinski definition) is 6. The van der Waals surface area contributed by atoms with E-state index in [-0.39, 0.29) is 29.9 Å². The van der Waals surface area contributed by atoms with Crippen LogP contribution in [0.1, 0.15) is 29.5 Å². The summed E-state index contributed by atoms with van der Waals surface area (Å²) < 4.78 is 21.3. The summed E-state index contributed by atoms with van der Waals surface area (Å²) >= 11 is 0. The van der Waals surface area contributed by atoms with Gasteiger partial charge >= 0.3 is 0 Å². The highest BCUT2D eigenvalue weighted by Crippen LogP contribution is 2.39. The molecule has 0 aliphatic heterocycles. The number of furan rings is 1. The predicted molar refractivity (Wildman–Crippen MR) is 132 cm³/mol. The van der Waals surface area contributed by atoms with Gasteiger partial charge in [-0.3, -0.25) is 9.79 Å². The van der Waals surface area contributed by atoms with Crippen LogP contribution < -0.4 is 30.2 Å². The van der Waals surface area contributed by atoms with Crippen LogP contribution in [0.4, 0.5) is 5.69 Å². The van der Waals surface area contributed by atoms with Crippen LogP contribution in [0.2, 0.25) is 0 Å². The smallest absolute Gasteiger partial charge is 0.287 e. The SMILES string of the molecule is CCNC(=NCCCNC(=O)c1occc1C)Nc1cc(OC)c(OC)c(OC)c1.I. The summed E-state index contributed by atoms with van der Waals surface area (Å²) in [5, 5.41) is 9.25. The van der Waals surface area contributed by atoms with E-state index in [1.54, 1.807) is 39.5 Å². The number of amides is 1. The first kappa shape index (κ1) is 26.4. The number of guanidine groups is 1. The summed E-state index contributed by atoms with van der Waals surface area (Å²) in [4.78, 5) is 16.6. The number of nitrogens with one attached hydrogen (secondary N) is 3. The molecule has 0 atom stereocenters. The molecule has 0 saturated heterocycles. The number of carbonyl (C=O) groups is 1. The molecule has 0 aliphatic carbocycles. The molecule has 1 amide bonds. The van der Waals surface area contributed by atoms with Gasteiger partial charge in [0.2, 0.25) is 5.75 Å². The second-order valence-electron chi connectivity index (χ2n) is 6.34. The molecular formula is C21H31IN4O5. The molecule has 9 nitrogen and oxygen atoms in total. The minimum atomic E-state index is -0.219. The molecule has 172 valence electrons. The zero-order valence-corrected chi connectivity index (χ0v) is 20.9. The third-order valence-electron chi connectivity index (χ3n) is 4.23. The number of rotatable bonds is 10. The van der Waals surface area contributed by atoms with Crippen molar-refractivity contribution in [1.82, 2.24) is 10.6 Å². The number of carbonyl (C=O) groups excluding carboxylic acids is 1. The summed E-state index contributed by atoms with van der Waals surface area (Å²) in [5.41, 5.74) is 1.56. The lowest BCUT2D eigenvalue weighted by atomic mass is 10.2. The van der Waals surface area contributed by atoms with Crippen LogP contribution in [0, 0.1) is 6.92 Å². The van der Waals surface area contributed by atoms with Gasteiger partial charge in [0, 0.05) is 43.0 Å². The number of halogens is 1. The van der Waals surface area contributed by atoms with E-state index in [0.29, 0.717) is 55.0 Å². The number of anilines is 1. The Labute approximate surface area is 199 Å². The van der Waals surface area contributed by atoms with E-state index in [2.05, 4.69) is 20.9 Å². The second-order valence-corrected chi connectivity index (χ2v) is 6.34. The summed E-state index contributed by atoms with van der Waals surface area (Å²) in [6.07, 6.45) is 2.18. The highest BCUT2D eigenvalue weighted by atomic mass is 127. The molecule has 1 aromatic carbocycles. The average molecular weight is 546 g/mol. The Kier molecular flexibility index (Phi) is 11.6. The molecule has 0 unspecified atom stereocenters. The summed E-state index contributed by atoms with van der Waals surface area (Å²) in [5.74, 6) is 2.35. The number of methoxy groups -OCH3 is 3. The van der Waals surface area contributed by atoms with Gasteiger partial charge in [-0.15, -0.1) is 24.0 Å².